The smallest absolute Gasteiger partial charge is 0.0438 e. The Morgan fingerprint density at radius 3 is 2.44 bits per heavy atom. The molecule has 1 unspecified atom stereocenters. The van der Waals surface area contributed by atoms with Gasteiger partial charge in [-0.25, -0.2) is 0 Å². The van der Waals surface area contributed by atoms with Crippen molar-refractivity contribution in [2.75, 3.05) is 0 Å². The van der Waals surface area contributed by atoms with Crippen LogP contribution in [0.2, 0.25) is 10.0 Å². The summed E-state index contributed by atoms with van der Waals surface area (Å²) in [6.45, 7) is 2.08. The molecule has 0 N–H and O–H groups in total. The maximum atomic E-state index is 5.99. The van der Waals surface area contributed by atoms with Gasteiger partial charge in [0.2, 0.25) is 0 Å². The Morgan fingerprint density at radius 2 is 1.78 bits per heavy atom. The molecule has 0 heterocycles. The summed E-state index contributed by atoms with van der Waals surface area (Å²) in [5.41, 5.74) is 3.68. The van der Waals surface area contributed by atoms with E-state index in [4.69, 9.17) is 23.2 Å². The highest BCUT2D eigenvalue weighted by Gasteiger charge is 2.11. The highest BCUT2D eigenvalue weighted by atomic mass is 79.9. The minimum atomic E-state index is 0.272. The topological polar surface area (TPSA) is 0 Å². The fraction of sp³-hybridized carbons (Fsp3) is 0.200. The number of alkyl halides is 1. The Hall–Kier alpha value is -0.500. The Morgan fingerprint density at radius 1 is 1.06 bits per heavy atom. The molecule has 1 atom stereocenters. The van der Waals surface area contributed by atoms with Crippen LogP contribution in [0.25, 0.3) is 0 Å². The lowest BCUT2D eigenvalue weighted by Crippen LogP contribution is -1.98. The molecule has 0 radical (unpaired) electrons. The maximum Gasteiger partial charge on any atom is 0.0438 e. The maximum absolute atomic E-state index is 5.99. The molecule has 2 rings (SSSR count). The van der Waals surface area contributed by atoms with Crippen LogP contribution in [0.15, 0.2) is 42.5 Å². The van der Waals surface area contributed by atoms with Gasteiger partial charge in [0.25, 0.3) is 0 Å². The molecular weight excluding hydrogens is 331 g/mol. The molecule has 0 saturated carbocycles. The summed E-state index contributed by atoms with van der Waals surface area (Å²) in [6.07, 6.45) is 0.906. The molecule has 0 spiro atoms. The molecule has 0 aliphatic heterocycles. The molecule has 0 aliphatic rings. The van der Waals surface area contributed by atoms with Crippen molar-refractivity contribution in [3.05, 3.63) is 69.2 Å². The number of halogens is 3. The first-order valence-corrected chi connectivity index (χ1v) is 7.38. The summed E-state index contributed by atoms with van der Waals surface area (Å²) in [6, 6.07) is 13.9. The zero-order valence-electron chi connectivity index (χ0n) is 9.96. The van der Waals surface area contributed by atoms with Crippen molar-refractivity contribution in [1.82, 2.24) is 0 Å². The zero-order valence-corrected chi connectivity index (χ0v) is 13.1. The van der Waals surface area contributed by atoms with Gasteiger partial charge >= 0.3 is 0 Å². The van der Waals surface area contributed by atoms with Gasteiger partial charge in [0.05, 0.1) is 0 Å². The average Bonchev–Trinajstić information content (AvgIpc) is 2.28. The third kappa shape index (κ3) is 3.50. The second-order valence-electron chi connectivity index (χ2n) is 4.30. The summed E-state index contributed by atoms with van der Waals surface area (Å²) in [7, 11) is 0. The normalized spacial score (nSPS) is 12.4. The Balaban J connectivity index is 2.19. The third-order valence-electron chi connectivity index (χ3n) is 2.87. The van der Waals surface area contributed by atoms with Crippen LogP contribution < -0.4 is 0 Å². The van der Waals surface area contributed by atoms with Crippen molar-refractivity contribution >= 4 is 39.1 Å². The van der Waals surface area contributed by atoms with Gasteiger partial charge in [-0.15, -0.1) is 0 Å². The van der Waals surface area contributed by atoms with E-state index in [2.05, 4.69) is 35.0 Å². The van der Waals surface area contributed by atoms with E-state index in [1.165, 1.54) is 16.7 Å². The lowest BCUT2D eigenvalue weighted by molar-refractivity contribution is 0.938. The number of hydrogen-bond donors (Lipinski definition) is 0. The SMILES string of the molecule is Cc1cc(Cl)ccc1C(Br)Cc1cccc(Cl)c1. The van der Waals surface area contributed by atoms with Crippen molar-refractivity contribution in [1.29, 1.82) is 0 Å². The Kier molecular flexibility index (Phi) is 4.71. The van der Waals surface area contributed by atoms with E-state index < -0.39 is 0 Å². The number of benzene rings is 2. The number of rotatable bonds is 3. The molecule has 0 fully saturated rings. The molecule has 2 aromatic rings. The van der Waals surface area contributed by atoms with E-state index in [1.807, 2.05) is 30.3 Å². The summed E-state index contributed by atoms with van der Waals surface area (Å²) in [5.74, 6) is 0. The van der Waals surface area contributed by atoms with Crippen LogP contribution in [-0.2, 0) is 6.42 Å². The second-order valence-corrected chi connectivity index (χ2v) is 6.28. The highest BCUT2D eigenvalue weighted by Crippen LogP contribution is 2.31. The summed E-state index contributed by atoms with van der Waals surface area (Å²) < 4.78 is 0. The molecular formula is C15H13BrCl2. The summed E-state index contributed by atoms with van der Waals surface area (Å²) in [5, 5.41) is 1.55. The predicted octanol–water partition coefficient (Wildman–Crippen LogP) is 5.98. The van der Waals surface area contributed by atoms with Gasteiger partial charge < -0.3 is 0 Å². The Labute approximate surface area is 126 Å². The van der Waals surface area contributed by atoms with Gasteiger partial charge in [0.1, 0.15) is 0 Å². The van der Waals surface area contributed by atoms with E-state index >= 15 is 0 Å². The molecule has 0 nitrogen and oxygen atoms in total. The van der Waals surface area contributed by atoms with Crippen molar-refractivity contribution in [2.45, 2.75) is 18.2 Å². The first kappa shape index (κ1) is 13.9. The van der Waals surface area contributed by atoms with Gasteiger partial charge in [0, 0.05) is 14.9 Å². The first-order valence-electron chi connectivity index (χ1n) is 5.71. The van der Waals surface area contributed by atoms with Gasteiger partial charge in [-0.1, -0.05) is 57.3 Å². The minimum Gasteiger partial charge on any atom is -0.0843 e. The van der Waals surface area contributed by atoms with Crippen molar-refractivity contribution < 1.29 is 0 Å². The molecule has 3 heteroatoms. The quantitative estimate of drug-likeness (QED) is 0.601. The van der Waals surface area contributed by atoms with Crippen LogP contribution in [0.5, 0.6) is 0 Å². The number of hydrogen-bond acceptors (Lipinski definition) is 0. The minimum absolute atomic E-state index is 0.272. The van der Waals surface area contributed by atoms with Crippen LogP contribution in [-0.4, -0.2) is 0 Å². The molecule has 94 valence electrons. The van der Waals surface area contributed by atoms with Gasteiger partial charge in [-0.2, -0.15) is 0 Å². The molecule has 0 bridgehead atoms. The van der Waals surface area contributed by atoms with Crippen LogP contribution >= 0.6 is 39.1 Å². The van der Waals surface area contributed by atoms with E-state index in [9.17, 15) is 0 Å². The third-order valence-corrected chi connectivity index (χ3v) is 4.16. The van der Waals surface area contributed by atoms with E-state index in [-0.39, 0.29) is 4.83 Å². The molecule has 18 heavy (non-hydrogen) atoms. The van der Waals surface area contributed by atoms with Crippen LogP contribution in [0.4, 0.5) is 0 Å². The van der Waals surface area contributed by atoms with Crippen LogP contribution in [0.1, 0.15) is 21.5 Å². The zero-order chi connectivity index (χ0) is 13.1. The lowest BCUT2D eigenvalue weighted by atomic mass is 10.0. The second kappa shape index (κ2) is 6.10. The molecule has 0 amide bonds. The van der Waals surface area contributed by atoms with Gasteiger partial charge in [-0.05, 0) is 54.3 Å². The monoisotopic (exact) mass is 342 g/mol. The fourth-order valence-corrected chi connectivity index (χ4v) is 3.30. The van der Waals surface area contributed by atoms with Crippen LogP contribution in [0, 0.1) is 6.92 Å². The van der Waals surface area contributed by atoms with Gasteiger partial charge in [0.15, 0.2) is 0 Å². The standard InChI is InChI=1S/C15H13BrCl2/c1-10-7-13(18)5-6-14(10)15(16)9-11-3-2-4-12(17)8-11/h2-8,15H,9H2,1H3. The van der Waals surface area contributed by atoms with Crippen LogP contribution in [0.3, 0.4) is 0 Å². The molecule has 0 saturated heterocycles. The average molecular weight is 344 g/mol. The van der Waals surface area contributed by atoms with Crippen molar-refractivity contribution in [2.24, 2.45) is 0 Å². The van der Waals surface area contributed by atoms with E-state index in [0.29, 0.717) is 0 Å². The van der Waals surface area contributed by atoms with E-state index in [1.54, 1.807) is 0 Å². The van der Waals surface area contributed by atoms with Gasteiger partial charge in [-0.3, -0.25) is 0 Å². The predicted molar refractivity (Wildman–Crippen MR) is 83.0 cm³/mol. The molecule has 2 aromatic carbocycles. The molecule has 0 aliphatic carbocycles. The largest absolute Gasteiger partial charge is 0.0843 e. The molecule has 0 aromatic heterocycles. The first-order chi connectivity index (χ1) is 8.56. The summed E-state index contributed by atoms with van der Waals surface area (Å²) >= 11 is 15.7. The fourth-order valence-electron chi connectivity index (χ4n) is 1.97. The lowest BCUT2D eigenvalue weighted by Gasteiger charge is -2.13. The summed E-state index contributed by atoms with van der Waals surface area (Å²) in [4.78, 5) is 0.272. The highest BCUT2D eigenvalue weighted by molar-refractivity contribution is 9.09. The number of aryl methyl sites for hydroxylation is 1. The van der Waals surface area contributed by atoms with Crippen molar-refractivity contribution in [3.63, 3.8) is 0 Å². The van der Waals surface area contributed by atoms with Crippen molar-refractivity contribution in [3.8, 4) is 0 Å². The Bertz CT molecular complexity index is 552. The van der Waals surface area contributed by atoms with E-state index in [0.717, 1.165) is 16.5 Å².